The van der Waals surface area contributed by atoms with Crippen LogP contribution in [0.4, 0.5) is 0 Å². The van der Waals surface area contributed by atoms with Gasteiger partial charge in [-0.3, -0.25) is 0 Å². The van der Waals surface area contributed by atoms with E-state index in [0.717, 1.165) is 67.1 Å². The number of pyridine rings is 1. The minimum atomic E-state index is 0.689. The normalized spacial score (nSPS) is 11.4. The molecule has 11 aromatic rings. The molecule has 3 aromatic heterocycles. The molecule has 0 amide bonds. The Bertz CT molecular complexity index is 3300. The van der Waals surface area contributed by atoms with E-state index >= 15 is 0 Å². The van der Waals surface area contributed by atoms with Crippen LogP contribution in [0.1, 0.15) is 0 Å². The van der Waals surface area contributed by atoms with Crippen molar-refractivity contribution in [1.82, 2.24) is 15.0 Å². The van der Waals surface area contributed by atoms with Gasteiger partial charge in [-0.05, 0) is 63.7 Å². The molecule has 0 unspecified atom stereocenters. The van der Waals surface area contributed by atoms with Gasteiger partial charge in [-0.2, -0.15) is 0 Å². The minimum absolute atomic E-state index is 0.689. The first-order valence-corrected chi connectivity index (χ1v) is 20.7. The third-order valence-electron chi connectivity index (χ3n) is 11.1. The van der Waals surface area contributed by atoms with Crippen molar-refractivity contribution in [2.24, 2.45) is 0 Å². The molecule has 11 rings (SSSR count). The summed E-state index contributed by atoms with van der Waals surface area (Å²) in [5.41, 5.74) is 14.8. The van der Waals surface area contributed by atoms with Gasteiger partial charge >= 0.3 is 0 Å². The molecule has 0 aliphatic carbocycles. The molecule has 0 saturated carbocycles. The van der Waals surface area contributed by atoms with Crippen LogP contribution in [-0.2, 0) is 0 Å². The molecule has 3 nitrogen and oxygen atoms in total. The topological polar surface area (TPSA) is 38.7 Å². The summed E-state index contributed by atoms with van der Waals surface area (Å²) in [7, 11) is 0. The fourth-order valence-corrected chi connectivity index (χ4v) is 9.35. The second kappa shape index (κ2) is 14.8. The lowest BCUT2D eigenvalue weighted by atomic mass is 9.96. The van der Waals surface area contributed by atoms with E-state index in [2.05, 4.69) is 200 Å². The van der Waals surface area contributed by atoms with Crippen molar-refractivity contribution >= 4 is 42.4 Å². The van der Waals surface area contributed by atoms with Gasteiger partial charge in [-0.25, -0.2) is 15.0 Å². The highest BCUT2D eigenvalue weighted by atomic mass is 32.1. The zero-order valence-corrected chi connectivity index (χ0v) is 32.8. The molecule has 0 atom stereocenters. The maximum Gasteiger partial charge on any atom is 0.160 e. The van der Waals surface area contributed by atoms with Crippen molar-refractivity contribution in [3.8, 4) is 78.5 Å². The van der Waals surface area contributed by atoms with E-state index in [9.17, 15) is 0 Å². The number of benzene rings is 8. The van der Waals surface area contributed by atoms with Crippen LogP contribution in [-0.4, -0.2) is 15.0 Å². The predicted octanol–water partition coefficient (Wildman–Crippen LogP) is 15.1. The van der Waals surface area contributed by atoms with Crippen molar-refractivity contribution < 1.29 is 0 Å². The van der Waals surface area contributed by atoms with Crippen molar-refractivity contribution in [3.05, 3.63) is 212 Å². The molecule has 0 fully saturated rings. The number of nitrogens with zero attached hydrogens (tertiary/aromatic N) is 3. The molecule has 0 aliphatic rings. The Morgan fingerprint density at radius 3 is 1.46 bits per heavy atom. The number of thiophene rings is 1. The van der Waals surface area contributed by atoms with Gasteiger partial charge in [0.15, 0.2) is 5.82 Å². The Morgan fingerprint density at radius 2 is 0.780 bits per heavy atom. The van der Waals surface area contributed by atoms with Crippen LogP contribution < -0.4 is 0 Å². The van der Waals surface area contributed by atoms with Crippen molar-refractivity contribution in [3.63, 3.8) is 0 Å². The van der Waals surface area contributed by atoms with Crippen LogP contribution >= 0.6 is 11.3 Å². The van der Waals surface area contributed by atoms with E-state index in [-0.39, 0.29) is 0 Å². The molecule has 0 saturated heterocycles. The summed E-state index contributed by atoms with van der Waals surface area (Å²) in [5, 5.41) is 3.73. The summed E-state index contributed by atoms with van der Waals surface area (Å²) in [5.74, 6) is 0.689. The summed E-state index contributed by atoms with van der Waals surface area (Å²) in [6.45, 7) is 0. The first kappa shape index (κ1) is 34.7. The Balaban J connectivity index is 0.980. The second-order valence-electron chi connectivity index (χ2n) is 14.8. The summed E-state index contributed by atoms with van der Waals surface area (Å²) < 4.78 is 2.50. The zero-order valence-electron chi connectivity index (χ0n) is 32.0. The molecular weight excluding hydrogens is 735 g/mol. The largest absolute Gasteiger partial charge is 0.246 e. The van der Waals surface area contributed by atoms with E-state index in [1.165, 1.54) is 36.7 Å². The van der Waals surface area contributed by atoms with Crippen LogP contribution in [0.2, 0.25) is 0 Å². The van der Waals surface area contributed by atoms with E-state index in [0.29, 0.717) is 5.82 Å². The first-order valence-electron chi connectivity index (χ1n) is 19.8. The van der Waals surface area contributed by atoms with Gasteiger partial charge in [-0.15, -0.1) is 11.3 Å². The quantitative estimate of drug-likeness (QED) is 0.162. The molecule has 0 radical (unpaired) electrons. The highest BCUT2D eigenvalue weighted by Crippen LogP contribution is 2.43. The van der Waals surface area contributed by atoms with E-state index in [4.69, 9.17) is 15.0 Å². The van der Waals surface area contributed by atoms with E-state index in [1.54, 1.807) is 0 Å². The van der Waals surface area contributed by atoms with Crippen LogP contribution in [0.15, 0.2) is 212 Å². The minimum Gasteiger partial charge on any atom is -0.246 e. The number of aromatic nitrogens is 3. The fourth-order valence-electron chi connectivity index (χ4n) is 8.12. The van der Waals surface area contributed by atoms with E-state index in [1.807, 2.05) is 23.5 Å². The summed E-state index contributed by atoms with van der Waals surface area (Å²) >= 11 is 1.82. The molecule has 0 N–H and O–H groups in total. The number of hydrogen-bond donors (Lipinski definition) is 0. The van der Waals surface area contributed by atoms with Crippen LogP contribution in [0.3, 0.4) is 0 Å². The highest BCUT2D eigenvalue weighted by molar-refractivity contribution is 7.26. The van der Waals surface area contributed by atoms with Crippen molar-refractivity contribution in [1.29, 1.82) is 0 Å². The molecule has 3 heterocycles. The molecule has 8 aromatic carbocycles. The van der Waals surface area contributed by atoms with Crippen LogP contribution in [0, 0.1) is 0 Å². The number of fused-ring (bicyclic) bond motifs is 5. The Morgan fingerprint density at radius 1 is 0.305 bits per heavy atom. The smallest absolute Gasteiger partial charge is 0.160 e. The Labute approximate surface area is 346 Å². The number of hydrogen-bond acceptors (Lipinski definition) is 4. The van der Waals surface area contributed by atoms with Gasteiger partial charge in [0.05, 0.1) is 27.3 Å². The van der Waals surface area contributed by atoms with Gasteiger partial charge < -0.3 is 0 Å². The third-order valence-corrected chi connectivity index (χ3v) is 12.3. The molecule has 0 spiro atoms. The Kier molecular flexibility index (Phi) is 8.68. The summed E-state index contributed by atoms with van der Waals surface area (Å²) in [6.07, 6.45) is 0. The number of rotatable bonds is 7. The van der Waals surface area contributed by atoms with Gasteiger partial charge in [0.2, 0.25) is 0 Å². The molecule has 0 aliphatic heterocycles. The van der Waals surface area contributed by atoms with Gasteiger partial charge in [-0.1, -0.05) is 182 Å². The lowest BCUT2D eigenvalue weighted by Gasteiger charge is -2.12. The lowest BCUT2D eigenvalue weighted by Crippen LogP contribution is -1.96. The monoisotopic (exact) mass is 769 g/mol. The van der Waals surface area contributed by atoms with Crippen LogP contribution in [0.25, 0.3) is 110 Å². The molecule has 0 bridgehead atoms. The first-order chi connectivity index (χ1) is 29.2. The summed E-state index contributed by atoms with van der Waals surface area (Å²) in [6, 6.07) is 74.9. The zero-order chi connectivity index (χ0) is 39.1. The van der Waals surface area contributed by atoms with Crippen molar-refractivity contribution in [2.75, 3.05) is 0 Å². The Hall–Kier alpha value is -7.53. The SMILES string of the molecule is c1ccc(-c2ccc(-c3cc(-c4ccccc4)nc(-c4cccc(-c5cccc(-c6ccc7c(c6)nc(-c6ccccc6)c6sc8ccccc8c67)c5)c4)n3)cc2)cc1. The van der Waals surface area contributed by atoms with Crippen LogP contribution in [0.5, 0.6) is 0 Å². The third kappa shape index (κ3) is 6.56. The summed E-state index contributed by atoms with van der Waals surface area (Å²) in [4.78, 5) is 15.7. The van der Waals surface area contributed by atoms with Gasteiger partial charge in [0.25, 0.3) is 0 Å². The van der Waals surface area contributed by atoms with Gasteiger partial charge in [0.1, 0.15) is 0 Å². The molecular formula is C55H35N3S. The highest BCUT2D eigenvalue weighted by Gasteiger charge is 2.17. The molecule has 276 valence electrons. The average Bonchev–Trinajstić information content (AvgIpc) is 3.72. The molecule has 4 heteroatoms. The lowest BCUT2D eigenvalue weighted by molar-refractivity contribution is 1.18. The van der Waals surface area contributed by atoms with Crippen molar-refractivity contribution in [2.45, 2.75) is 0 Å². The van der Waals surface area contributed by atoms with Gasteiger partial charge in [0, 0.05) is 43.1 Å². The van der Waals surface area contributed by atoms with E-state index < -0.39 is 0 Å². The second-order valence-corrected chi connectivity index (χ2v) is 15.8. The average molecular weight is 770 g/mol. The fraction of sp³-hybridized carbons (Fsp3) is 0. The standard InChI is InChI=1S/C55H35N3S/c1-4-14-36(15-5-1)37-26-28-39(29-27-37)49-35-48(38-16-6-2-7-17-38)57-55(58-49)45-23-13-22-43(33-45)41-20-12-21-42(32-41)44-30-31-46-50(34-44)56-53(40-18-8-3-9-19-40)54-52(46)47-24-10-11-25-51(47)59-54/h1-35H. The maximum atomic E-state index is 5.35. The maximum absolute atomic E-state index is 5.35. The predicted molar refractivity (Wildman–Crippen MR) is 248 cm³/mol. The molecule has 59 heavy (non-hydrogen) atoms.